The largest absolute Gasteiger partial charge is 0.445 e. The van der Waals surface area contributed by atoms with Crippen LogP contribution in [0.4, 0.5) is 4.79 Å². The second kappa shape index (κ2) is 5.18. The molecule has 2 rings (SSSR count). The van der Waals surface area contributed by atoms with Crippen LogP contribution in [-0.2, 0) is 4.74 Å². The summed E-state index contributed by atoms with van der Waals surface area (Å²) in [7, 11) is 0. The van der Waals surface area contributed by atoms with Crippen molar-refractivity contribution in [2.75, 3.05) is 0 Å². The van der Waals surface area contributed by atoms with E-state index in [0.717, 1.165) is 14.1 Å². The summed E-state index contributed by atoms with van der Waals surface area (Å²) in [6.45, 7) is 3.63. The summed E-state index contributed by atoms with van der Waals surface area (Å²) >= 11 is 3.74. The van der Waals surface area contributed by atoms with Crippen LogP contribution in [0.1, 0.15) is 13.8 Å². The van der Waals surface area contributed by atoms with Crippen LogP contribution in [0.2, 0.25) is 0 Å². The van der Waals surface area contributed by atoms with Gasteiger partial charge in [0.05, 0.1) is 20.7 Å². The first kappa shape index (κ1) is 12.6. The monoisotopic (exact) mass is 362 g/mol. The summed E-state index contributed by atoms with van der Waals surface area (Å²) in [4.78, 5) is 12.9. The van der Waals surface area contributed by atoms with Gasteiger partial charge in [-0.3, -0.25) is 0 Å². The second-order valence-electron chi connectivity index (χ2n) is 3.66. The fourth-order valence-corrected chi connectivity index (χ4v) is 2.95. The molecule has 0 N–H and O–H groups in total. The summed E-state index contributed by atoms with van der Waals surface area (Å²) in [5.74, 6) is 0. The van der Waals surface area contributed by atoms with Gasteiger partial charge in [0.1, 0.15) is 5.69 Å². The maximum Gasteiger partial charge on any atom is 0.435 e. The molecule has 0 bridgehead atoms. The smallest absolute Gasteiger partial charge is 0.435 e. The number of thiophene rings is 1. The zero-order valence-corrected chi connectivity index (χ0v) is 12.4. The van der Waals surface area contributed by atoms with Crippen molar-refractivity contribution < 1.29 is 9.53 Å². The highest BCUT2D eigenvalue weighted by Gasteiger charge is 2.19. The summed E-state index contributed by atoms with van der Waals surface area (Å²) in [5, 5.41) is 6.03. The molecule has 0 amide bonds. The molecule has 0 saturated carbocycles. The molecule has 0 saturated heterocycles. The first-order valence-corrected chi connectivity index (χ1v) is 7.04. The second-order valence-corrected chi connectivity index (χ2v) is 5.77. The lowest BCUT2D eigenvalue weighted by molar-refractivity contribution is 0.114. The standard InChI is InChI=1S/C11H11IN2O2S/c1-7(2)16-11(15)14-10(8(12)6-13-14)9-4-3-5-17-9/h3-7H,1-2H3. The Kier molecular flexibility index (Phi) is 3.82. The van der Waals surface area contributed by atoms with Crippen molar-refractivity contribution in [2.45, 2.75) is 20.0 Å². The summed E-state index contributed by atoms with van der Waals surface area (Å²) < 4.78 is 7.40. The van der Waals surface area contributed by atoms with Crippen LogP contribution in [0.25, 0.3) is 10.6 Å². The minimum Gasteiger partial charge on any atom is -0.445 e. The first-order valence-electron chi connectivity index (χ1n) is 5.08. The first-order chi connectivity index (χ1) is 8.09. The predicted octanol–water partition coefficient (Wildman–Crippen LogP) is 3.61. The van der Waals surface area contributed by atoms with Gasteiger partial charge in [-0.1, -0.05) is 6.07 Å². The van der Waals surface area contributed by atoms with Crippen LogP contribution in [0, 0.1) is 3.57 Å². The Balaban J connectivity index is 2.39. The maximum atomic E-state index is 11.9. The van der Waals surface area contributed by atoms with Crippen LogP contribution in [0.5, 0.6) is 0 Å². The molecule has 17 heavy (non-hydrogen) atoms. The Morgan fingerprint density at radius 3 is 2.94 bits per heavy atom. The molecule has 0 aliphatic heterocycles. The zero-order valence-electron chi connectivity index (χ0n) is 9.38. The molecule has 4 nitrogen and oxygen atoms in total. The van der Waals surface area contributed by atoms with E-state index in [2.05, 4.69) is 27.7 Å². The highest BCUT2D eigenvalue weighted by molar-refractivity contribution is 14.1. The molecule has 0 aliphatic carbocycles. The molecule has 2 aromatic rings. The topological polar surface area (TPSA) is 44.1 Å². The highest BCUT2D eigenvalue weighted by atomic mass is 127. The maximum absolute atomic E-state index is 11.9. The van der Waals surface area contributed by atoms with Gasteiger partial charge in [0.15, 0.2) is 0 Å². The van der Waals surface area contributed by atoms with E-state index < -0.39 is 6.09 Å². The number of rotatable bonds is 2. The lowest BCUT2D eigenvalue weighted by Crippen LogP contribution is -2.19. The zero-order chi connectivity index (χ0) is 12.4. The average molecular weight is 362 g/mol. The summed E-state index contributed by atoms with van der Waals surface area (Å²) in [6, 6.07) is 3.91. The third-order valence-electron chi connectivity index (χ3n) is 1.99. The number of halogens is 1. The van der Waals surface area contributed by atoms with Crippen molar-refractivity contribution in [3.63, 3.8) is 0 Å². The minimum atomic E-state index is -0.439. The van der Waals surface area contributed by atoms with Crippen molar-refractivity contribution >= 4 is 40.0 Å². The molecule has 0 spiro atoms. The van der Waals surface area contributed by atoms with Crippen LogP contribution >= 0.6 is 33.9 Å². The Labute approximate surface area is 117 Å². The van der Waals surface area contributed by atoms with Gasteiger partial charge < -0.3 is 4.74 Å². The van der Waals surface area contributed by atoms with E-state index in [-0.39, 0.29) is 6.10 Å². The van der Waals surface area contributed by atoms with Crippen molar-refractivity contribution in [3.05, 3.63) is 27.3 Å². The Bertz CT molecular complexity index is 520. The molecular formula is C11H11IN2O2S. The van der Waals surface area contributed by atoms with E-state index in [1.54, 1.807) is 17.5 Å². The van der Waals surface area contributed by atoms with E-state index in [1.807, 2.05) is 31.4 Å². The van der Waals surface area contributed by atoms with Crippen LogP contribution in [0.3, 0.4) is 0 Å². The predicted molar refractivity (Wildman–Crippen MR) is 75.3 cm³/mol. The van der Waals surface area contributed by atoms with Gasteiger partial charge in [-0.05, 0) is 47.9 Å². The SMILES string of the molecule is CC(C)OC(=O)n1ncc(I)c1-c1cccs1. The third-order valence-corrected chi connectivity index (χ3v) is 3.65. The van der Waals surface area contributed by atoms with E-state index in [9.17, 15) is 4.79 Å². The van der Waals surface area contributed by atoms with Crippen LogP contribution in [-0.4, -0.2) is 22.0 Å². The number of ether oxygens (including phenoxy) is 1. The van der Waals surface area contributed by atoms with E-state index in [0.29, 0.717) is 0 Å². The molecule has 0 radical (unpaired) electrons. The quantitative estimate of drug-likeness (QED) is 0.767. The number of hydrogen-bond donors (Lipinski definition) is 0. The number of carbonyl (C=O) groups excluding carboxylic acids is 1. The molecule has 90 valence electrons. The molecular weight excluding hydrogens is 351 g/mol. The molecule has 0 fully saturated rings. The average Bonchev–Trinajstić information content (AvgIpc) is 2.84. The van der Waals surface area contributed by atoms with E-state index in [4.69, 9.17) is 4.74 Å². The molecule has 0 unspecified atom stereocenters. The van der Waals surface area contributed by atoms with Crippen molar-refractivity contribution in [1.82, 2.24) is 9.78 Å². The molecule has 0 aromatic carbocycles. The Hall–Kier alpha value is -0.890. The number of aromatic nitrogens is 2. The summed E-state index contributed by atoms with van der Waals surface area (Å²) in [5.41, 5.74) is 0.797. The minimum absolute atomic E-state index is 0.152. The Morgan fingerprint density at radius 1 is 1.59 bits per heavy atom. The highest BCUT2D eigenvalue weighted by Crippen LogP contribution is 2.29. The Morgan fingerprint density at radius 2 is 2.35 bits per heavy atom. The third kappa shape index (κ3) is 2.68. The van der Waals surface area contributed by atoms with Gasteiger partial charge in [-0.2, -0.15) is 9.78 Å². The molecule has 0 aliphatic rings. The molecule has 2 aromatic heterocycles. The molecule has 0 atom stereocenters. The molecule has 6 heteroatoms. The van der Waals surface area contributed by atoms with Gasteiger partial charge in [0.25, 0.3) is 0 Å². The fraction of sp³-hybridized carbons (Fsp3) is 0.273. The molecule has 2 heterocycles. The van der Waals surface area contributed by atoms with Gasteiger partial charge in [-0.15, -0.1) is 11.3 Å². The van der Waals surface area contributed by atoms with E-state index >= 15 is 0 Å². The van der Waals surface area contributed by atoms with Crippen molar-refractivity contribution in [1.29, 1.82) is 0 Å². The van der Waals surface area contributed by atoms with Crippen molar-refractivity contribution in [2.24, 2.45) is 0 Å². The fourth-order valence-electron chi connectivity index (χ4n) is 1.35. The lowest BCUT2D eigenvalue weighted by atomic mass is 10.3. The number of carbonyl (C=O) groups is 1. The normalized spacial score (nSPS) is 10.8. The van der Waals surface area contributed by atoms with E-state index in [1.165, 1.54) is 4.68 Å². The lowest BCUT2D eigenvalue weighted by Gasteiger charge is -2.09. The number of hydrogen-bond acceptors (Lipinski definition) is 4. The summed E-state index contributed by atoms with van der Waals surface area (Å²) in [6.07, 6.45) is 1.07. The van der Waals surface area contributed by atoms with Crippen LogP contribution in [0.15, 0.2) is 23.7 Å². The van der Waals surface area contributed by atoms with Gasteiger partial charge in [0, 0.05) is 0 Å². The van der Waals surface area contributed by atoms with Crippen LogP contribution < -0.4 is 0 Å². The van der Waals surface area contributed by atoms with Crippen molar-refractivity contribution in [3.8, 4) is 10.6 Å². The van der Waals surface area contributed by atoms with Gasteiger partial charge in [0.2, 0.25) is 0 Å². The number of nitrogens with zero attached hydrogens (tertiary/aromatic N) is 2. The van der Waals surface area contributed by atoms with Gasteiger partial charge in [-0.25, -0.2) is 4.79 Å². The van der Waals surface area contributed by atoms with Gasteiger partial charge >= 0.3 is 6.09 Å².